The van der Waals surface area contributed by atoms with Crippen molar-refractivity contribution in [2.75, 3.05) is 24.7 Å². The molecule has 2 amide bonds. The lowest BCUT2D eigenvalue weighted by Gasteiger charge is -2.49. The van der Waals surface area contributed by atoms with Gasteiger partial charge in [0.05, 0.1) is 11.3 Å². The Morgan fingerprint density at radius 1 is 1.05 bits per heavy atom. The Labute approximate surface area is 256 Å². The Morgan fingerprint density at radius 3 is 2.33 bits per heavy atom. The van der Waals surface area contributed by atoms with Gasteiger partial charge in [0.15, 0.2) is 11.2 Å². The number of carbonyl (C=O) groups excluding carboxylic acids is 3. The van der Waals surface area contributed by atoms with E-state index in [1.165, 1.54) is 39.3 Å². The summed E-state index contributed by atoms with van der Waals surface area (Å²) in [6, 6.07) is 22.2. The monoisotopic (exact) mass is 616 g/mol. The maximum Gasteiger partial charge on any atom is 0.356 e. The van der Waals surface area contributed by atoms with Crippen LogP contribution in [0.2, 0.25) is 0 Å². The number of nitrogens with zero attached hydrogens (tertiary/aromatic N) is 3. The second-order valence-corrected chi connectivity index (χ2v) is 13.2. The summed E-state index contributed by atoms with van der Waals surface area (Å²) < 4.78 is 6.24. The smallest absolute Gasteiger partial charge is 0.356 e. The molecule has 2 aliphatic heterocycles. The van der Waals surface area contributed by atoms with Crippen LogP contribution in [0.15, 0.2) is 90.1 Å². The summed E-state index contributed by atoms with van der Waals surface area (Å²) in [6.07, 6.45) is 1.27. The molecule has 2 aromatic heterocycles. The van der Waals surface area contributed by atoms with Crippen molar-refractivity contribution in [1.29, 1.82) is 0 Å². The summed E-state index contributed by atoms with van der Waals surface area (Å²) in [5.41, 5.74) is 2.55. The number of thiazole rings is 1. The molecule has 4 heterocycles. The molecule has 0 bridgehead atoms. The quantitative estimate of drug-likeness (QED) is 0.210. The van der Waals surface area contributed by atoms with Crippen LogP contribution in [0.25, 0.3) is 5.57 Å². The Balaban J connectivity index is 1.33. The highest BCUT2D eigenvalue weighted by atomic mass is 32.2. The van der Waals surface area contributed by atoms with Gasteiger partial charge in [-0.05, 0) is 22.6 Å². The van der Waals surface area contributed by atoms with Crippen molar-refractivity contribution in [2.24, 2.45) is 0 Å². The molecule has 1 saturated heterocycles. The number of nitrogens with one attached hydrogen (secondary N) is 1. The van der Waals surface area contributed by atoms with Gasteiger partial charge in [-0.25, -0.2) is 9.78 Å². The third kappa shape index (κ3) is 5.59. The molecule has 42 heavy (non-hydrogen) atoms. The van der Waals surface area contributed by atoms with Crippen molar-refractivity contribution < 1.29 is 19.1 Å². The number of thioether (sulfide) groups is 1. The number of ether oxygens (including phenoxy) is 1. The van der Waals surface area contributed by atoms with E-state index in [0.29, 0.717) is 11.3 Å². The minimum Gasteiger partial charge on any atom is -0.448 e. The van der Waals surface area contributed by atoms with Crippen LogP contribution in [0.1, 0.15) is 27.0 Å². The van der Waals surface area contributed by atoms with Crippen LogP contribution in [-0.4, -0.2) is 58.9 Å². The summed E-state index contributed by atoms with van der Waals surface area (Å²) in [4.78, 5) is 50.1. The third-order valence-electron chi connectivity index (χ3n) is 7.00. The number of hydrogen-bond donors (Lipinski definition) is 1. The van der Waals surface area contributed by atoms with Crippen LogP contribution in [0, 0.1) is 0 Å². The molecule has 2 unspecified atom stereocenters. The van der Waals surface area contributed by atoms with E-state index < -0.39 is 23.5 Å². The molecule has 8 nitrogen and oxygen atoms in total. The first kappa shape index (κ1) is 28.2. The number of rotatable bonds is 9. The molecule has 4 aromatic rings. The molecule has 6 rings (SSSR count). The fourth-order valence-corrected chi connectivity index (χ4v) is 7.99. The number of esters is 1. The average molecular weight is 617 g/mol. The van der Waals surface area contributed by atoms with Crippen LogP contribution in [0.4, 0.5) is 5.13 Å². The van der Waals surface area contributed by atoms with E-state index in [-0.39, 0.29) is 23.9 Å². The topological polar surface area (TPSA) is 91.8 Å². The van der Waals surface area contributed by atoms with Crippen molar-refractivity contribution in [2.45, 2.75) is 23.9 Å². The summed E-state index contributed by atoms with van der Waals surface area (Å²) in [5.74, 6) is -0.678. The number of β-lactam (4-membered cyclic amide) rings is 1. The minimum atomic E-state index is -0.718. The predicted octanol–water partition coefficient (Wildman–Crippen LogP) is 4.96. The van der Waals surface area contributed by atoms with Gasteiger partial charge in [-0.3, -0.25) is 14.5 Å². The SMILES string of the molecule is CN(C)c1ncc(C2=C(C(=O)OC(c3ccccc3)c3ccccc3)N3C(=O)C(NC(=O)Cc4cccs4)C3SC2)s1. The van der Waals surface area contributed by atoms with Crippen molar-refractivity contribution in [3.05, 3.63) is 111 Å². The lowest BCUT2D eigenvalue weighted by Crippen LogP contribution is -2.70. The van der Waals surface area contributed by atoms with Gasteiger partial charge in [0.1, 0.15) is 17.1 Å². The zero-order valence-electron chi connectivity index (χ0n) is 22.9. The number of hydrogen-bond acceptors (Lipinski definition) is 9. The fourth-order valence-electron chi connectivity index (χ4n) is 4.95. The lowest BCUT2D eigenvalue weighted by molar-refractivity contribution is -0.154. The van der Waals surface area contributed by atoms with Crippen molar-refractivity contribution >= 4 is 62.9 Å². The maximum absolute atomic E-state index is 14.2. The standard InChI is InChI=1S/C31H28N4O4S3/c1-34(2)31-32-17-23(42-31)22-18-41-29-25(33-24(36)16-21-14-9-15-40-21)28(37)35(29)26(22)30(38)39-27(19-10-5-3-6-11-19)20-12-7-4-8-13-20/h3-15,17,25,27,29H,16,18H2,1-2H3,(H,33,36). The van der Waals surface area contributed by atoms with Gasteiger partial charge < -0.3 is 15.0 Å². The molecule has 11 heteroatoms. The van der Waals surface area contributed by atoms with Gasteiger partial charge in [-0.15, -0.1) is 23.1 Å². The first-order chi connectivity index (χ1) is 20.4. The molecule has 0 radical (unpaired) electrons. The summed E-state index contributed by atoms with van der Waals surface area (Å²) >= 11 is 4.47. The molecule has 2 aromatic carbocycles. The minimum absolute atomic E-state index is 0.207. The van der Waals surface area contributed by atoms with E-state index in [4.69, 9.17) is 4.74 Å². The lowest BCUT2D eigenvalue weighted by atomic mass is 10.0. The summed E-state index contributed by atoms with van der Waals surface area (Å²) in [6.45, 7) is 0. The number of amides is 2. The molecule has 0 saturated carbocycles. The molecular weight excluding hydrogens is 589 g/mol. The molecule has 1 fully saturated rings. The van der Waals surface area contributed by atoms with E-state index in [1.54, 1.807) is 6.20 Å². The number of thiophene rings is 1. The Bertz CT molecular complexity index is 1580. The second-order valence-electron chi connectivity index (χ2n) is 10.0. The van der Waals surface area contributed by atoms with Crippen LogP contribution >= 0.6 is 34.4 Å². The molecule has 214 valence electrons. The Morgan fingerprint density at radius 2 is 1.74 bits per heavy atom. The van der Waals surface area contributed by atoms with Gasteiger partial charge in [0.2, 0.25) is 5.91 Å². The first-order valence-corrected chi connectivity index (χ1v) is 16.1. The van der Waals surface area contributed by atoms with E-state index in [9.17, 15) is 14.4 Å². The van der Waals surface area contributed by atoms with Gasteiger partial charge in [-0.2, -0.15) is 0 Å². The third-order valence-corrected chi connectivity index (χ3v) is 10.4. The fraction of sp³-hybridized carbons (Fsp3) is 0.226. The van der Waals surface area contributed by atoms with E-state index in [1.807, 2.05) is 97.2 Å². The largest absolute Gasteiger partial charge is 0.448 e. The highest BCUT2D eigenvalue weighted by molar-refractivity contribution is 8.00. The van der Waals surface area contributed by atoms with Crippen molar-refractivity contribution in [3.8, 4) is 0 Å². The van der Waals surface area contributed by atoms with E-state index in [0.717, 1.165) is 26.0 Å². The molecule has 1 N–H and O–H groups in total. The highest BCUT2D eigenvalue weighted by Gasteiger charge is 2.55. The van der Waals surface area contributed by atoms with Gasteiger partial charge in [-0.1, -0.05) is 78.1 Å². The van der Waals surface area contributed by atoms with E-state index in [2.05, 4.69) is 10.3 Å². The van der Waals surface area contributed by atoms with Crippen LogP contribution < -0.4 is 10.2 Å². The normalized spacial score (nSPS) is 18.0. The summed E-state index contributed by atoms with van der Waals surface area (Å²) in [7, 11) is 3.81. The molecule has 2 aliphatic rings. The Hall–Kier alpha value is -3.93. The predicted molar refractivity (Wildman–Crippen MR) is 167 cm³/mol. The average Bonchev–Trinajstić information content (AvgIpc) is 3.71. The molecule has 0 spiro atoms. The number of benzene rings is 2. The molecule has 2 atom stereocenters. The summed E-state index contributed by atoms with van der Waals surface area (Å²) in [5, 5.41) is 5.19. The Kier molecular flexibility index (Phi) is 8.14. The number of fused-ring (bicyclic) bond motifs is 1. The second kappa shape index (κ2) is 12.1. The van der Waals surface area contributed by atoms with Crippen molar-refractivity contribution in [3.63, 3.8) is 0 Å². The van der Waals surface area contributed by atoms with Gasteiger partial charge >= 0.3 is 5.97 Å². The van der Waals surface area contributed by atoms with Gasteiger partial charge in [0.25, 0.3) is 5.91 Å². The van der Waals surface area contributed by atoms with Crippen LogP contribution in [-0.2, 0) is 25.5 Å². The number of carbonyl (C=O) groups is 3. The van der Waals surface area contributed by atoms with E-state index >= 15 is 0 Å². The molecular formula is C31H28N4O4S3. The maximum atomic E-state index is 14.2. The number of aromatic nitrogens is 1. The highest BCUT2D eigenvalue weighted by Crippen LogP contribution is 2.45. The van der Waals surface area contributed by atoms with Gasteiger partial charge in [0, 0.05) is 36.5 Å². The van der Waals surface area contributed by atoms with Crippen molar-refractivity contribution in [1.82, 2.24) is 15.2 Å². The number of anilines is 1. The molecule has 0 aliphatic carbocycles. The zero-order chi connectivity index (χ0) is 29.2. The van der Waals surface area contributed by atoms with Crippen LogP contribution in [0.3, 0.4) is 0 Å². The zero-order valence-corrected chi connectivity index (χ0v) is 25.4. The van der Waals surface area contributed by atoms with Crippen LogP contribution in [0.5, 0.6) is 0 Å². The first-order valence-electron chi connectivity index (χ1n) is 13.3.